The molecule has 1 atom stereocenters. The molecule has 31 heavy (non-hydrogen) atoms. The number of halogens is 2. The van der Waals surface area contributed by atoms with Crippen LogP contribution in [0, 0.1) is 12.7 Å². The summed E-state index contributed by atoms with van der Waals surface area (Å²) in [6.07, 6.45) is 0. The summed E-state index contributed by atoms with van der Waals surface area (Å²) in [5.74, 6) is -0.742. The maximum atomic E-state index is 13.8. The number of hydrogen-bond acceptors (Lipinski definition) is 5. The number of carbonyl (C=O) groups is 2. The first-order chi connectivity index (χ1) is 14.8. The van der Waals surface area contributed by atoms with Crippen LogP contribution in [0.1, 0.15) is 34.7 Å². The number of aromatic nitrogens is 3. The molecule has 0 aliphatic carbocycles. The van der Waals surface area contributed by atoms with Gasteiger partial charge in [-0.2, -0.15) is 0 Å². The van der Waals surface area contributed by atoms with Crippen LogP contribution in [0.4, 0.5) is 10.1 Å². The van der Waals surface area contributed by atoms with Gasteiger partial charge in [0, 0.05) is 17.8 Å². The lowest BCUT2D eigenvalue weighted by Crippen LogP contribution is -2.29. The van der Waals surface area contributed by atoms with E-state index in [0.717, 1.165) is 5.56 Å². The maximum absolute atomic E-state index is 13.8. The van der Waals surface area contributed by atoms with E-state index < -0.39 is 17.8 Å². The molecule has 2 amide bonds. The molecule has 7 nitrogen and oxygen atoms in total. The molecule has 0 bridgehead atoms. The molecule has 0 aliphatic rings. The second-order valence-electron chi connectivity index (χ2n) is 6.87. The van der Waals surface area contributed by atoms with Gasteiger partial charge in [0.2, 0.25) is 5.91 Å². The Morgan fingerprint density at radius 2 is 1.97 bits per heavy atom. The van der Waals surface area contributed by atoms with Gasteiger partial charge >= 0.3 is 0 Å². The standard InChI is InChI=1S/C21H21ClFN5O2S/c1-12-8-9-14(22)10-17(12)25-18(29)11-31-21-27-26-19(28(21)3)13(2)24-20(30)15-6-4-5-7-16(15)23/h4-10,13H,11H2,1-3H3,(H,24,30)(H,25,29). The zero-order valence-electron chi connectivity index (χ0n) is 17.1. The van der Waals surface area contributed by atoms with E-state index in [1.807, 2.05) is 13.0 Å². The molecule has 0 fully saturated rings. The summed E-state index contributed by atoms with van der Waals surface area (Å²) in [6.45, 7) is 3.61. The topological polar surface area (TPSA) is 88.9 Å². The fourth-order valence-corrected chi connectivity index (χ4v) is 3.75. The van der Waals surface area contributed by atoms with Crippen LogP contribution in [0.25, 0.3) is 0 Å². The molecule has 3 rings (SSSR count). The van der Waals surface area contributed by atoms with Crippen LogP contribution < -0.4 is 10.6 Å². The molecule has 0 spiro atoms. The van der Waals surface area contributed by atoms with E-state index in [2.05, 4.69) is 20.8 Å². The molecule has 1 unspecified atom stereocenters. The number of hydrogen-bond donors (Lipinski definition) is 2. The van der Waals surface area contributed by atoms with Gasteiger partial charge in [0.15, 0.2) is 11.0 Å². The third kappa shape index (κ3) is 5.62. The normalized spacial score (nSPS) is 11.8. The zero-order chi connectivity index (χ0) is 22.5. The van der Waals surface area contributed by atoms with E-state index in [-0.39, 0.29) is 17.2 Å². The summed E-state index contributed by atoms with van der Waals surface area (Å²) in [5, 5.41) is 14.8. The molecule has 0 aliphatic heterocycles. The van der Waals surface area contributed by atoms with Gasteiger partial charge in [-0.05, 0) is 43.7 Å². The van der Waals surface area contributed by atoms with E-state index in [1.165, 1.54) is 30.0 Å². The third-order valence-electron chi connectivity index (χ3n) is 4.53. The molecule has 162 valence electrons. The number of benzene rings is 2. The SMILES string of the molecule is Cc1ccc(Cl)cc1NC(=O)CSc1nnc(C(C)NC(=O)c2ccccc2F)n1C. The van der Waals surface area contributed by atoms with Crippen molar-refractivity contribution in [3.05, 3.63) is 70.3 Å². The summed E-state index contributed by atoms with van der Waals surface area (Å²) in [7, 11) is 1.74. The van der Waals surface area contributed by atoms with Gasteiger partial charge in [-0.3, -0.25) is 9.59 Å². The van der Waals surface area contributed by atoms with Crippen molar-refractivity contribution < 1.29 is 14.0 Å². The molecular weight excluding hydrogens is 441 g/mol. The molecule has 10 heteroatoms. The highest BCUT2D eigenvalue weighted by Crippen LogP contribution is 2.22. The van der Waals surface area contributed by atoms with Gasteiger partial charge in [-0.1, -0.05) is 41.6 Å². The number of aryl methyl sites for hydroxylation is 1. The largest absolute Gasteiger partial charge is 0.342 e. The average Bonchev–Trinajstić information content (AvgIpc) is 3.10. The Balaban J connectivity index is 1.60. The Morgan fingerprint density at radius 3 is 2.71 bits per heavy atom. The monoisotopic (exact) mass is 461 g/mol. The Kier molecular flexibility index (Phi) is 7.29. The summed E-state index contributed by atoms with van der Waals surface area (Å²) >= 11 is 7.19. The van der Waals surface area contributed by atoms with E-state index in [9.17, 15) is 14.0 Å². The van der Waals surface area contributed by atoms with Crippen molar-refractivity contribution in [1.82, 2.24) is 20.1 Å². The summed E-state index contributed by atoms with van der Waals surface area (Å²) in [4.78, 5) is 24.6. The molecule has 1 heterocycles. The lowest BCUT2D eigenvalue weighted by atomic mass is 10.2. The third-order valence-corrected chi connectivity index (χ3v) is 5.78. The number of thioether (sulfide) groups is 1. The van der Waals surface area contributed by atoms with Crippen molar-refractivity contribution in [3.63, 3.8) is 0 Å². The second-order valence-corrected chi connectivity index (χ2v) is 8.25. The second kappa shape index (κ2) is 9.93. The van der Waals surface area contributed by atoms with E-state index in [4.69, 9.17) is 11.6 Å². The number of rotatable bonds is 7. The molecule has 2 N–H and O–H groups in total. The molecule has 3 aromatic rings. The van der Waals surface area contributed by atoms with Crippen molar-refractivity contribution in [2.45, 2.75) is 25.0 Å². The average molecular weight is 462 g/mol. The quantitative estimate of drug-likeness (QED) is 0.516. The fourth-order valence-electron chi connectivity index (χ4n) is 2.86. The fraction of sp³-hybridized carbons (Fsp3) is 0.238. The van der Waals surface area contributed by atoms with Gasteiger partial charge in [-0.25, -0.2) is 4.39 Å². The van der Waals surface area contributed by atoms with Crippen LogP contribution in [0.2, 0.25) is 5.02 Å². The minimum atomic E-state index is -0.595. The maximum Gasteiger partial charge on any atom is 0.254 e. The van der Waals surface area contributed by atoms with Crippen molar-refractivity contribution in [2.24, 2.45) is 7.05 Å². The highest BCUT2D eigenvalue weighted by atomic mass is 35.5. The zero-order valence-corrected chi connectivity index (χ0v) is 18.7. The number of nitrogens with zero attached hydrogens (tertiary/aromatic N) is 3. The minimum Gasteiger partial charge on any atom is -0.342 e. The Labute approximate surface area is 188 Å². The first kappa shape index (κ1) is 22.8. The first-order valence-corrected chi connectivity index (χ1v) is 10.8. The number of nitrogens with one attached hydrogen (secondary N) is 2. The Bertz CT molecular complexity index is 1120. The number of amides is 2. The molecular formula is C21H21ClFN5O2S. The van der Waals surface area contributed by atoms with Gasteiger partial charge in [0.1, 0.15) is 5.82 Å². The number of anilines is 1. The summed E-state index contributed by atoms with van der Waals surface area (Å²) in [6, 6.07) is 10.5. The summed E-state index contributed by atoms with van der Waals surface area (Å²) in [5.41, 5.74) is 1.52. The summed E-state index contributed by atoms with van der Waals surface area (Å²) < 4.78 is 15.5. The van der Waals surface area contributed by atoms with Crippen LogP contribution in [0.3, 0.4) is 0 Å². The molecule has 0 saturated heterocycles. The molecule has 0 saturated carbocycles. The lowest BCUT2D eigenvalue weighted by Gasteiger charge is -2.14. The Morgan fingerprint density at radius 1 is 1.23 bits per heavy atom. The molecule has 1 aromatic heterocycles. The van der Waals surface area contributed by atoms with E-state index in [0.29, 0.717) is 21.7 Å². The van der Waals surface area contributed by atoms with Gasteiger partial charge < -0.3 is 15.2 Å². The van der Waals surface area contributed by atoms with Crippen LogP contribution >= 0.6 is 23.4 Å². The molecule has 0 radical (unpaired) electrons. The predicted molar refractivity (Wildman–Crippen MR) is 119 cm³/mol. The van der Waals surface area contributed by atoms with Crippen molar-refractivity contribution in [1.29, 1.82) is 0 Å². The van der Waals surface area contributed by atoms with Gasteiger partial charge in [0.05, 0.1) is 17.4 Å². The van der Waals surface area contributed by atoms with Crippen molar-refractivity contribution in [3.8, 4) is 0 Å². The smallest absolute Gasteiger partial charge is 0.254 e. The van der Waals surface area contributed by atoms with Gasteiger partial charge in [-0.15, -0.1) is 10.2 Å². The van der Waals surface area contributed by atoms with Crippen LogP contribution in [-0.2, 0) is 11.8 Å². The predicted octanol–water partition coefficient (Wildman–Crippen LogP) is 4.14. The Hall–Kier alpha value is -2.91. The van der Waals surface area contributed by atoms with Crippen molar-refractivity contribution >= 4 is 40.9 Å². The molecule has 2 aromatic carbocycles. The van der Waals surface area contributed by atoms with Gasteiger partial charge in [0.25, 0.3) is 5.91 Å². The highest BCUT2D eigenvalue weighted by Gasteiger charge is 2.20. The van der Waals surface area contributed by atoms with E-state index in [1.54, 1.807) is 36.7 Å². The minimum absolute atomic E-state index is 0.0425. The lowest BCUT2D eigenvalue weighted by molar-refractivity contribution is -0.113. The van der Waals surface area contributed by atoms with Crippen LogP contribution in [-0.4, -0.2) is 32.3 Å². The van der Waals surface area contributed by atoms with E-state index >= 15 is 0 Å². The van der Waals surface area contributed by atoms with Crippen LogP contribution in [0.15, 0.2) is 47.6 Å². The first-order valence-electron chi connectivity index (χ1n) is 9.39. The van der Waals surface area contributed by atoms with Crippen molar-refractivity contribution in [2.75, 3.05) is 11.1 Å². The highest BCUT2D eigenvalue weighted by molar-refractivity contribution is 7.99. The van der Waals surface area contributed by atoms with Crippen LogP contribution in [0.5, 0.6) is 0 Å². The number of carbonyl (C=O) groups excluding carboxylic acids is 2.